The van der Waals surface area contributed by atoms with E-state index in [1.807, 2.05) is 60.7 Å². The van der Waals surface area contributed by atoms with Crippen LogP contribution in [0.5, 0.6) is 0 Å². The number of aliphatic hydroxyl groups excluding tert-OH is 1. The average molecular weight is 214 g/mol. The summed E-state index contributed by atoms with van der Waals surface area (Å²) in [6.45, 7) is 0. The summed E-state index contributed by atoms with van der Waals surface area (Å²) < 4.78 is 0. The fourth-order valence-electron chi connectivity index (χ4n) is 1.77. The van der Waals surface area contributed by atoms with Crippen molar-refractivity contribution in [2.75, 3.05) is 0 Å². The van der Waals surface area contributed by atoms with Crippen LogP contribution in [0.1, 0.15) is 23.3 Å². The predicted octanol–water partition coefficient (Wildman–Crippen LogP) is 1.70. The fraction of sp³-hybridized carbons (Fsp3) is 0.143. The van der Waals surface area contributed by atoms with Crippen molar-refractivity contribution >= 4 is 0 Å². The molecule has 2 aromatic rings. The van der Waals surface area contributed by atoms with Crippen LogP contribution in [0.25, 0.3) is 0 Å². The number of quaternary nitrogens is 1. The van der Waals surface area contributed by atoms with E-state index in [1.54, 1.807) is 0 Å². The molecule has 2 atom stereocenters. The topological polar surface area (TPSA) is 47.9 Å². The highest BCUT2D eigenvalue weighted by Crippen LogP contribution is 2.24. The number of aliphatic hydroxyl groups is 1. The van der Waals surface area contributed by atoms with Crippen molar-refractivity contribution in [2.24, 2.45) is 0 Å². The van der Waals surface area contributed by atoms with Crippen LogP contribution >= 0.6 is 0 Å². The molecule has 0 spiro atoms. The monoisotopic (exact) mass is 214 g/mol. The second-order valence-corrected chi connectivity index (χ2v) is 3.87. The van der Waals surface area contributed by atoms with E-state index in [0.717, 1.165) is 11.1 Å². The Morgan fingerprint density at radius 2 is 1.19 bits per heavy atom. The lowest BCUT2D eigenvalue weighted by atomic mass is 9.97. The molecule has 0 fully saturated rings. The number of rotatable bonds is 3. The van der Waals surface area contributed by atoms with Crippen LogP contribution < -0.4 is 5.73 Å². The molecular weight excluding hydrogens is 198 g/mol. The normalized spacial score (nSPS) is 14.4. The van der Waals surface area contributed by atoms with Gasteiger partial charge in [0.2, 0.25) is 0 Å². The van der Waals surface area contributed by atoms with Gasteiger partial charge in [-0.25, -0.2) is 0 Å². The summed E-state index contributed by atoms with van der Waals surface area (Å²) in [6, 6.07) is 19.4. The zero-order valence-corrected chi connectivity index (χ0v) is 9.08. The lowest BCUT2D eigenvalue weighted by Crippen LogP contribution is -2.56. The molecular formula is C14H16NO+. The zero-order chi connectivity index (χ0) is 11.4. The third-order valence-electron chi connectivity index (χ3n) is 2.75. The smallest absolute Gasteiger partial charge is 0.140 e. The van der Waals surface area contributed by atoms with Gasteiger partial charge < -0.3 is 10.8 Å². The Balaban J connectivity index is 2.20. The van der Waals surface area contributed by atoms with Gasteiger partial charge in [0.15, 0.2) is 0 Å². The van der Waals surface area contributed by atoms with E-state index in [0.29, 0.717) is 0 Å². The van der Waals surface area contributed by atoms with E-state index in [-0.39, 0.29) is 6.04 Å². The Morgan fingerprint density at radius 1 is 0.750 bits per heavy atom. The van der Waals surface area contributed by atoms with E-state index < -0.39 is 6.10 Å². The van der Waals surface area contributed by atoms with Gasteiger partial charge in [-0.3, -0.25) is 0 Å². The lowest BCUT2D eigenvalue weighted by molar-refractivity contribution is -0.446. The highest BCUT2D eigenvalue weighted by atomic mass is 16.3. The Morgan fingerprint density at radius 3 is 1.69 bits per heavy atom. The van der Waals surface area contributed by atoms with Crippen LogP contribution in [0.2, 0.25) is 0 Å². The largest absolute Gasteiger partial charge is 0.382 e. The van der Waals surface area contributed by atoms with Crippen LogP contribution in [0.15, 0.2) is 60.7 Å². The first-order chi connectivity index (χ1) is 7.79. The molecule has 2 aromatic carbocycles. The van der Waals surface area contributed by atoms with Gasteiger partial charge in [-0.15, -0.1) is 0 Å². The van der Waals surface area contributed by atoms with Crippen LogP contribution in [0, 0.1) is 0 Å². The molecule has 0 bridgehead atoms. The van der Waals surface area contributed by atoms with Crippen LogP contribution in [0.3, 0.4) is 0 Å². The lowest BCUT2D eigenvalue weighted by Gasteiger charge is -2.16. The molecule has 0 radical (unpaired) electrons. The summed E-state index contributed by atoms with van der Waals surface area (Å²) in [6.07, 6.45) is -0.552. The molecule has 2 rings (SSSR count). The van der Waals surface area contributed by atoms with Gasteiger partial charge in [0.25, 0.3) is 0 Å². The van der Waals surface area contributed by atoms with E-state index in [1.165, 1.54) is 0 Å². The average Bonchev–Trinajstić information content (AvgIpc) is 2.39. The zero-order valence-electron chi connectivity index (χ0n) is 9.08. The molecule has 82 valence electrons. The van der Waals surface area contributed by atoms with Crippen LogP contribution in [-0.4, -0.2) is 5.11 Å². The summed E-state index contributed by atoms with van der Waals surface area (Å²) in [5.74, 6) is 0. The van der Waals surface area contributed by atoms with Gasteiger partial charge in [-0.05, 0) is 5.56 Å². The molecule has 0 aliphatic carbocycles. The number of hydrogen-bond acceptors (Lipinski definition) is 1. The SMILES string of the molecule is [NH3+]C(c1ccccc1)C(O)c1ccccc1. The van der Waals surface area contributed by atoms with Crippen molar-refractivity contribution in [3.05, 3.63) is 71.8 Å². The van der Waals surface area contributed by atoms with Crippen molar-refractivity contribution in [3.63, 3.8) is 0 Å². The Kier molecular flexibility index (Phi) is 3.34. The molecule has 0 aliphatic rings. The molecule has 4 N–H and O–H groups in total. The maximum Gasteiger partial charge on any atom is 0.140 e. The van der Waals surface area contributed by atoms with Gasteiger partial charge in [-0.1, -0.05) is 60.7 Å². The van der Waals surface area contributed by atoms with Crippen LogP contribution in [-0.2, 0) is 0 Å². The standard InChI is InChI=1S/C14H15NO/c15-13(11-7-3-1-4-8-11)14(16)12-9-5-2-6-10-12/h1-10,13-14,16H,15H2/p+1. The summed E-state index contributed by atoms with van der Waals surface area (Å²) in [7, 11) is 0. The van der Waals surface area contributed by atoms with E-state index in [2.05, 4.69) is 5.73 Å². The van der Waals surface area contributed by atoms with Gasteiger partial charge in [-0.2, -0.15) is 0 Å². The van der Waals surface area contributed by atoms with Gasteiger partial charge in [0, 0.05) is 5.56 Å². The summed E-state index contributed by atoms with van der Waals surface area (Å²) in [5, 5.41) is 10.2. The maximum absolute atomic E-state index is 10.2. The third kappa shape index (κ3) is 2.30. The Labute approximate surface area is 95.4 Å². The summed E-state index contributed by atoms with van der Waals surface area (Å²) in [5.41, 5.74) is 6.00. The van der Waals surface area contributed by atoms with Crippen molar-refractivity contribution in [3.8, 4) is 0 Å². The maximum atomic E-state index is 10.2. The Hall–Kier alpha value is -1.64. The second kappa shape index (κ2) is 4.92. The van der Waals surface area contributed by atoms with Crippen molar-refractivity contribution in [1.82, 2.24) is 0 Å². The third-order valence-corrected chi connectivity index (χ3v) is 2.75. The van der Waals surface area contributed by atoms with Gasteiger partial charge in [0.05, 0.1) is 0 Å². The van der Waals surface area contributed by atoms with Crippen LogP contribution in [0.4, 0.5) is 0 Å². The molecule has 2 heteroatoms. The number of benzene rings is 2. The van der Waals surface area contributed by atoms with Gasteiger partial charge >= 0.3 is 0 Å². The summed E-state index contributed by atoms with van der Waals surface area (Å²) >= 11 is 0. The molecule has 0 saturated carbocycles. The van der Waals surface area contributed by atoms with Gasteiger partial charge in [0.1, 0.15) is 12.1 Å². The minimum absolute atomic E-state index is 0.136. The van der Waals surface area contributed by atoms with E-state index >= 15 is 0 Å². The van der Waals surface area contributed by atoms with E-state index in [4.69, 9.17) is 0 Å². The second-order valence-electron chi connectivity index (χ2n) is 3.87. The first kappa shape index (κ1) is 10.9. The molecule has 2 nitrogen and oxygen atoms in total. The minimum atomic E-state index is -0.552. The molecule has 0 saturated heterocycles. The quantitative estimate of drug-likeness (QED) is 0.802. The Bertz CT molecular complexity index is 384. The molecule has 0 amide bonds. The minimum Gasteiger partial charge on any atom is -0.382 e. The number of hydrogen-bond donors (Lipinski definition) is 2. The first-order valence-electron chi connectivity index (χ1n) is 5.40. The summed E-state index contributed by atoms with van der Waals surface area (Å²) in [4.78, 5) is 0. The molecule has 16 heavy (non-hydrogen) atoms. The molecule has 0 aliphatic heterocycles. The van der Waals surface area contributed by atoms with E-state index in [9.17, 15) is 5.11 Å². The van der Waals surface area contributed by atoms with Crippen molar-refractivity contribution in [1.29, 1.82) is 0 Å². The van der Waals surface area contributed by atoms with Crippen molar-refractivity contribution < 1.29 is 10.8 Å². The molecule has 0 heterocycles. The predicted molar refractivity (Wildman–Crippen MR) is 63.5 cm³/mol. The highest BCUT2D eigenvalue weighted by molar-refractivity contribution is 5.24. The highest BCUT2D eigenvalue weighted by Gasteiger charge is 2.21. The fourth-order valence-corrected chi connectivity index (χ4v) is 1.77. The first-order valence-corrected chi connectivity index (χ1v) is 5.40. The van der Waals surface area contributed by atoms with Crippen molar-refractivity contribution in [2.45, 2.75) is 12.1 Å². The molecule has 2 unspecified atom stereocenters. The molecule has 0 aromatic heterocycles.